The largest absolute Gasteiger partial charge is 0.479 e. The zero-order valence-corrected chi connectivity index (χ0v) is 44.3. The van der Waals surface area contributed by atoms with Crippen molar-refractivity contribution in [3.63, 3.8) is 0 Å². The average molecular weight is 1070 g/mol. The summed E-state index contributed by atoms with van der Waals surface area (Å²) in [5, 5.41) is 128. The summed E-state index contributed by atoms with van der Waals surface area (Å²) in [6.45, 7) is 16.0. The predicted molar refractivity (Wildman–Crippen MR) is 256 cm³/mol. The molecule has 0 aromatic rings. The number of aliphatic carboxylic acids is 1. The number of carbonyl (C=O) groups excluding carboxylic acids is 1. The Balaban J connectivity index is 0.977. The van der Waals surface area contributed by atoms with Gasteiger partial charge in [-0.05, 0) is 116 Å². The molecule has 27 atom stereocenters. The molecule has 0 unspecified atom stereocenters. The van der Waals surface area contributed by atoms with E-state index in [9.17, 15) is 70.9 Å². The minimum Gasteiger partial charge on any atom is -0.479 e. The van der Waals surface area contributed by atoms with Gasteiger partial charge in [-0.15, -0.1) is 0 Å². The number of esters is 1. The molecular weight excluding hydrogens is 989 g/mol. The third kappa shape index (κ3) is 9.36. The Labute approximate surface area is 437 Å². The van der Waals surface area contributed by atoms with Crippen LogP contribution in [0, 0.1) is 50.2 Å². The molecule has 0 amide bonds. The number of hydrogen-bond donors (Lipinski definition) is 12. The van der Waals surface area contributed by atoms with Crippen LogP contribution in [-0.4, -0.2) is 209 Å². The Morgan fingerprint density at radius 3 is 1.96 bits per heavy atom. The minimum absolute atomic E-state index is 0.0401. The third-order valence-corrected chi connectivity index (χ3v) is 21.0. The highest BCUT2D eigenvalue weighted by Crippen LogP contribution is 2.76. The fraction of sp³-hybridized carbons (Fsp3) is 0.925. The van der Waals surface area contributed by atoms with Gasteiger partial charge in [0.05, 0.1) is 30.8 Å². The number of carboxylic acid groups (broad SMARTS) is 1. The quantitative estimate of drug-likeness (QED) is 0.0761. The first kappa shape index (κ1) is 57.6. The summed E-state index contributed by atoms with van der Waals surface area (Å²) in [7, 11) is 0. The summed E-state index contributed by atoms with van der Waals surface area (Å²) in [5.41, 5.74) is -1.27. The van der Waals surface area contributed by atoms with Gasteiger partial charge in [-0.25, -0.2) is 4.79 Å². The van der Waals surface area contributed by atoms with E-state index in [2.05, 4.69) is 54.5 Å². The number of rotatable bonds is 10. The molecule has 22 heteroatoms. The molecule has 9 aliphatic rings. The van der Waals surface area contributed by atoms with E-state index < -0.39 is 159 Å². The highest BCUT2D eigenvalue weighted by atomic mass is 16.8. The van der Waals surface area contributed by atoms with E-state index >= 15 is 0 Å². The average Bonchev–Trinajstić information content (AvgIpc) is 3.35. The Morgan fingerprint density at radius 2 is 1.28 bits per heavy atom. The molecule has 5 aliphatic carbocycles. The summed E-state index contributed by atoms with van der Waals surface area (Å²) in [4.78, 5) is 27.8. The summed E-state index contributed by atoms with van der Waals surface area (Å²) in [5.74, 6) is -2.09. The monoisotopic (exact) mass is 1070 g/mol. The van der Waals surface area contributed by atoms with Gasteiger partial charge in [0.1, 0.15) is 79.4 Å². The second-order valence-electron chi connectivity index (χ2n) is 25.8. The first-order valence-corrected chi connectivity index (χ1v) is 27.1. The van der Waals surface area contributed by atoms with Gasteiger partial charge in [-0.2, -0.15) is 0 Å². The highest BCUT2D eigenvalue weighted by molar-refractivity contribution is 5.79. The second-order valence-corrected chi connectivity index (χ2v) is 25.8. The van der Waals surface area contributed by atoms with E-state index in [-0.39, 0.29) is 39.4 Å². The van der Waals surface area contributed by atoms with Crippen LogP contribution in [0.2, 0.25) is 0 Å². The van der Waals surface area contributed by atoms with Gasteiger partial charge < -0.3 is 99.2 Å². The Morgan fingerprint density at radius 1 is 0.640 bits per heavy atom. The van der Waals surface area contributed by atoms with Gasteiger partial charge in [0.25, 0.3) is 0 Å². The van der Waals surface area contributed by atoms with Crippen LogP contribution < -0.4 is 0 Å². The Hall–Kier alpha value is -2.04. The topological polar surface area (TPSA) is 351 Å². The number of carboxylic acids is 1. The maximum Gasteiger partial charge on any atom is 0.335 e. The zero-order valence-electron chi connectivity index (χ0n) is 44.3. The highest BCUT2D eigenvalue weighted by Gasteiger charge is 2.70. The molecule has 8 fully saturated rings. The van der Waals surface area contributed by atoms with Crippen LogP contribution in [0.15, 0.2) is 11.6 Å². The van der Waals surface area contributed by atoms with Crippen molar-refractivity contribution in [3.05, 3.63) is 11.6 Å². The molecule has 12 N–H and O–H groups in total. The van der Waals surface area contributed by atoms with Crippen molar-refractivity contribution in [2.45, 2.75) is 242 Å². The molecule has 428 valence electrons. The lowest BCUT2D eigenvalue weighted by Gasteiger charge is -2.71. The first-order chi connectivity index (χ1) is 35.0. The fourth-order valence-corrected chi connectivity index (χ4v) is 16.1. The van der Waals surface area contributed by atoms with Crippen molar-refractivity contribution in [2.24, 2.45) is 50.2 Å². The van der Waals surface area contributed by atoms with Crippen molar-refractivity contribution >= 4 is 11.9 Å². The van der Waals surface area contributed by atoms with Crippen LogP contribution in [-0.2, 0) is 47.5 Å². The lowest BCUT2D eigenvalue weighted by Crippen LogP contribution is -2.68. The molecule has 0 aromatic carbocycles. The maximum absolute atomic E-state index is 14.8. The number of fused-ring (bicyclic) bond motifs is 7. The minimum atomic E-state index is -1.97. The predicted octanol–water partition coefficient (Wildman–Crippen LogP) is -0.276. The van der Waals surface area contributed by atoms with Gasteiger partial charge in [0, 0.05) is 0 Å². The summed E-state index contributed by atoms with van der Waals surface area (Å²) >= 11 is 0. The number of ether oxygens (including phenoxy) is 8. The summed E-state index contributed by atoms with van der Waals surface area (Å²) in [6, 6.07) is 0. The molecule has 0 radical (unpaired) electrons. The van der Waals surface area contributed by atoms with Crippen LogP contribution in [0.3, 0.4) is 0 Å². The van der Waals surface area contributed by atoms with E-state index in [0.717, 1.165) is 32.1 Å². The molecule has 4 heterocycles. The van der Waals surface area contributed by atoms with E-state index in [1.54, 1.807) is 0 Å². The molecule has 0 bridgehead atoms. The normalized spacial score (nSPS) is 53.5. The molecular formula is C53H84O22. The van der Waals surface area contributed by atoms with E-state index in [1.807, 2.05) is 0 Å². The van der Waals surface area contributed by atoms with Gasteiger partial charge in [0.2, 0.25) is 6.29 Å². The zero-order chi connectivity index (χ0) is 54.9. The Bertz CT molecular complexity index is 2120. The second kappa shape index (κ2) is 20.5. The molecule has 22 nitrogen and oxygen atoms in total. The number of carbonyl (C=O) groups is 2. The van der Waals surface area contributed by atoms with Crippen molar-refractivity contribution in [2.75, 3.05) is 13.2 Å². The van der Waals surface area contributed by atoms with Gasteiger partial charge in [-0.1, -0.05) is 60.1 Å². The summed E-state index contributed by atoms with van der Waals surface area (Å²) in [6.07, 6.45) is -23.1. The van der Waals surface area contributed by atoms with E-state index in [1.165, 1.54) is 12.5 Å². The number of aliphatic hydroxyl groups excluding tert-OH is 11. The van der Waals surface area contributed by atoms with E-state index in [4.69, 9.17) is 37.9 Å². The molecule has 4 saturated carbocycles. The number of hydrogen-bond acceptors (Lipinski definition) is 21. The van der Waals surface area contributed by atoms with Gasteiger partial charge in [0.15, 0.2) is 25.0 Å². The lowest BCUT2D eigenvalue weighted by atomic mass is 9.33. The molecule has 0 aromatic heterocycles. The summed E-state index contributed by atoms with van der Waals surface area (Å²) < 4.78 is 47.9. The van der Waals surface area contributed by atoms with Crippen molar-refractivity contribution in [1.29, 1.82) is 0 Å². The molecule has 75 heavy (non-hydrogen) atoms. The smallest absolute Gasteiger partial charge is 0.335 e. The standard InChI is InChI=1S/C53H84O22/c1-22-30(56)33(59)36(62)44(69-22)72-39-38(64)40(73-43-35(61)31(57)25(55)21-68-43)46(74-41(39)42(65)66)71-29-12-13-50(6)27(49(29,4)5)11-14-52(8)28(50)10-9-23-24-19-48(2,3)15-17-53(24,18-16-51(23,52)7)47(67)75-45-37(63)34(60)32(58)26(20-54)70-45/h9,22,24-41,43-46,54-64H,10-21H2,1-8H3,(H,65,66)/t22-,24-,25-,26+,27+,28-,29-,30-,31-,32-,33+,34+,35-,36-,37+,38-,39+,40+,41-,43+,44-,45+,46+,50+,51-,52+,53+/m0/s1. The van der Waals surface area contributed by atoms with Crippen molar-refractivity contribution in [3.8, 4) is 0 Å². The van der Waals surface area contributed by atoms with Crippen LogP contribution in [0.4, 0.5) is 0 Å². The lowest BCUT2D eigenvalue weighted by molar-refractivity contribution is -0.385. The molecule has 4 aliphatic heterocycles. The van der Waals surface area contributed by atoms with Crippen molar-refractivity contribution < 1.29 is 109 Å². The fourth-order valence-electron chi connectivity index (χ4n) is 16.1. The van der Waals surface area contributed by atoms with Gasteiger partial charge >= 0.3 is 11.9 Å². The molecule has 0 spiro atoms. The van der Waals surface area contributed by atoms with E-state index in [0.29, 0.717) is 32.1 Å². The van der Waals surface area contributed by atoms with Crippen molar-refractivity contribution in [1.82, 2.24) is 0 Å². The SMILES string of the molecule is C[C@@H]1O[C@@H](O[C@@H]2[C@H](O)[C@@H](O[C@H]3OC[C@H](O)[C@H](O)[C@@H]3O)[C@H](O[C@H]3CC[C@]4(C)[C@H](CC[C@]5(C)[C@H]4CC=C4[C@@H]6CC(C)(C)CC[C@@]6(C(=O)O[C@H]6O[C@H](CO)[C@H](O)[C@@H](O)[C@H]6O)CC[C@@]45C)C3(C)C)O[C@@H]2C(=O)O)[C@@H](O)[C@H](O)[C@H]1O. The van der Waals surface area contributed by atoms with Crippen LogP contribution in [0.1, 0.15) is 120 Å². The maximum atomic E-state index is 14.8. The first-order valence-electron chi connectivity index (χ1n) is 27.1. The Kier molecular flexibility index (Phi) is 15.8. The van der Waals surface area contributed by atoms with Crippen LogP contribution >= 0.6 is 0 Å². The number of allylic oxidation sites excluding steroid dienone is 2. The third-order valence-electron chi connectivity index (χ3n) is 21.0. The number of aliphatic hydroxyl groups is 11. The van der Waals surface area contributed by atoms with Crippen LogP contribution in [0.5, 0.6) is 0 Å². The van der Waals surface area contributed by atoms with Gasteiger partial charge in [-0.3, -0.25) is 4.79 Å². The molecule has 4 saturated heterocycles. The molecule has 9 rings (SSSR count). The van der Waals surface area contributed by atoms with Crippen LogP contribution in [0.25, 0.3) is 0 Å².